The highest BCUT2D eigenvalue weighted by atomic mass is 16.5. The highest BCUT2D eigenvalue weighted by Gasteiger charge is 2.30. The minimum Gasteiger partial charge on any atom is -0.480 e. The Morgan fingerprint density at radius 2 is 1.61 bits per heavy atom. The molecule has 0 heterocycles. The number of rotatable bonds is 11. The van der Waals surface area contributed by atoms with E-state index >= 15 is 0 Å². The normalized spacial score (nSPS) is 13.2. The van der Waals surface area contributed by atoms with Crippen molar-refractivity contribution in [2.45, 2.75) is 32.2 Å². The molecular weight excluding hydrogens is 424 g/mol. The van der Waals surface area contributed by atoms with Crippen LogP contribution in [0.4, 0.5) is 4.79 Å². The molecular formula is C25H30N2O6. The highest BCUT2D eigenvalue weighted by Crippen LogP contribution is 2.44. The summed E-state index contributed by atoms with van der Waals surface area (Å²) < 4.78 is 10.5. The van der Waals surface area contributed by atoms with Gasteiger partial charge in [-0.15, -0.1) is 0 Å². The lowest BCUT2D eigenvalue weighted by atomic mass is 9.98. The van der Waals surface area contributed by atoms with Crippen molar-refractivity contribution in [1.29, 1.82) is 0 Å². The molecule has 0 aromatic heterocycles. The molecule has 2 aromatic rings. The van der Waals surface area contributed by atoms with Crippen LogP contribution in [0.15, 0.2) is 48.5 Å². The topological polar surface area (TPSA) is 114 Å². The van der Waals surface area contributed by atoms with E-state index in [1.807, 2.05) is 50.2 Å². The number of ether oxygens (including phenoxy) is 2. The van der Waals surface area contributed by atoms with Crippen LogP contribution in [0.3, 0.4) is 0 Å². The third-order valence-corrected chi connectivity index (χ3v) is 5.43. The van der Waals surface area contributed by atoms with Gasteiger partial charge >= 0.3 is 12.1 Å². The molecule has 1 aliphatic carbocycles. The largest absolute Gasteiger partial charge is 0.480 e. The van der Waals surface area contributed by atoms with E-state index in [0.29, 0.717) is 6.42 Å². The zero-order chi connectivity index (χ0) is 23.8. The number of aliphatic carboxylic acids is 1. The molecule has 0 fully saturated rings. The highest BCUT2D eigenvalue weighted by molar-refractivity contribution is 5.85. The molecule has 0 bridgehead atoms. The van der Waals surface area contributed by atoms with E-state index in [2.05, 4.69) is 22.8 Å². The Kier molecular flexibility index (Phi) is 8.43. The summed E-state index contributed by atoms with van der Waals surface area (Å²) in [5, 5.41) is 13.9. The van der Waals surface area contributed by atoms with Crippen molar-refractivity contribution in [1.82, 2.24) is 10.6 Å². The molecule has 0 unspecified atom stereocenters. The molecule has 2 aromatic carbocycles. The fourth-order valence-electron chi connectivity index (χ4n) is 4.01. The number of amides is 2. The molecule has 2 amide bonds. The summed E-state index contributed by atoms with van der Waals surface area (Å²) in [6, 6.07) is 15.4. The van der Waals surface area contributed by atoms with E-state index < -0.39 is 24.7 Å². The second kappa shape index (κ2) is 11.5. The zero-order valence-corrected chi connectivity index (χ0v) is 18.9. The second-order valence-electron chi connectivity index (χ2n) is 8.39. The van der Waals surface area contributed by atoms with Gasteiger partial charge in [-0.1, -0.05) is 62.4 Å². The zero-order valence-electron chi connectivity index (χ0n) is 18.9. The molecule has 1 atom stereocenters. The Morgan fingerprint density at radius 3 is 2.18 bits per heavy atom. The first-order valence-corrected chi connectivity index (χ1v) is 11.1. The molecule has 0 aliphatic heterocycles. The summed E-state index contributed by atoms with van der Waals surface area (Å²) >= 11 is 0. The first-order chi connectivity index (χ1) is 15.9. The van der Waals surface area contributed by atoms with Gasteiger partial charge in [0.25, 0.3) is 0 Å². The molecule has 0 saturated heterocycles. The molecule has 3 N–H and O–H groups in total. The molecule has 0 spiro atoms. The van der Waals surface area contributed by atoms with E-state index in [0.717, 1.165) is 22.3 Å². The Hall–Kier alpha value is -3.39. The number of carboxylic acids is 1. The summed E-state index contributed by atoms with van der Waals surface area (Å²) in [7, 11) is 0. The van der Waals surface area contributed by atoms with E-state index in [4.69, 9.17) is 14.6 Å². The van der Waals surface area contributed by atoms with Crippen LogP contribution in [0.5, 0.6) is 0 Å². The lowest BCUT2D eigenvalue weighted by Gasteiger charge is -2.21. The number of benzene rings is 2. The average Bonchev–Trinajstić information content (AvgIpc) is 3.10. The molecule has 176 valence electrons. The van der Waals surface area contributed by atoms with Gasteiger partial charge in [0.1, 0.15) is 19.3 Å². The van der Waals surface area contributed by atoms with Crippen molar-refractivity contribution in [3.05, 3.63) is 59.7 Å². The van der Waals surface area contributed by atoms with Gasteiger partial charge in [-0.2, -0.15) is 0 Å². The number of fused-ring (bicyclic) bond motifs is 3. The van der Waals surface area contributed by atoms with E-state index in [-0.39, 0.29) is 37.5 Å². The standard InChI is InChI=1S/C25H30N2O6/c1-16(2)13-22(24(30)26-11-12-32-15-23(28)29)27-25(31)33-14-21-19-9-5-3-7-17(19)18-8-4-6-10-20(18)21/h3-10,16,21-22H,11-15H2,1-2H3,(H,26,30)(H,27,31)(H,28,29)/t22-/m0/s1. The number of nitrogens with one attached hydrogen (secondary N) is 2. The third-order valence-electron chi connectivity index (χ3n) is 5.43. The van der Waals surface area contributed by atoms with Crippen molar-refractivity contribution in [3.63, 3.8) is 0 Å². The van der Waals surface area contributed by atoms with Crippen LogP contribution >= 0.6 is 0 Å². The minimum absolute atomic E-state index is 0.0630. The fraction of sp³-hybridized carbons (Fsp3) is 0.400. The van der Waals surface area contributed by atoms with Crippen LogP contribution in [0.25, 0.3) is 11.1 Å². The minimum atomic E-state index is -1.07. The van der Waals surface area contributed by atoms with Gasteiger partial charge < -0.3 is 25.2 Å². The van der Waals surface area contributed by atoms with Crippen LogP contribution in [-0.4, -0.2) is 55.5 Å². The molecule has 1 aliphatic rings. The quantitative estimate of drug-likeness (QED) is 0.450. The second-order valence-corrected chi connectivity index (χ2v) is 8.39. The Balaban J connectivity index is 1.56. The van der Waals surface area contributed by atoms with Gasteiger partial charge in [0, 0.05) is 12.5 Å². The summed E-state index contributed by atoms with van der Waals surface area (Å²) in [5.74, 6) is -1.34. The number of hydrogen-bond acceptors (Lipinski definition) is 5. The summed E-state index contributed by atoms with van der Waals surface area (Å²) in [6.07, 6.45) is -0.216. The summed E-state index contributed by atoms with van der Waals surface area (Å²) in [4.78, 5) is 35.6. The predicted octanol–water partition coefficient (Wildman–Crippen LogP) is 3.16. The average molecular weight is 455 g/mol. The van der Waals surface area contributed by atoms with E-state index in [9.17, 15) is 14.4 Å². The van der Waals surface area contributed by atoms with E-state index in [1.54, 1.807) is 0 Å². The summed E-state index contributed by atoms with van der Waals surface area (Å²) in [6.45, 7) is 3.86. The lowest BCUT2D eigenvalue weighted by molar-refractivity contribution is -0.142. The van der Waals surface area contributed by atoms with Gasteiger partial charge in [0.05, 0.1) is 6.61 Å². The van der Waals surface area contributed by atoms with Crippen LogP contribution in [0, 0.1) is 5.92 Å². The third kappa shape index (κ3) is 6.55. The van der Waals surface area contributed by atoms with Crippen molar-refractivity contribution in [2.75, 3.05) is 26.4 Å². The Labute approximate surface area is 193 Å². The number of carbonyl (C=O) groups excluding carboxylic acids is 2. The Bertz CT molecular complexity index is 945. The van der Waals surface area contributed by atoms with Crippen LogP contribution < -0.4 is 10.6 Å². The molecule has 8 nitrogen and oxygen atoms in total. The van der Waals surface area contributed by atoms with Crippen molar-refractivity contribution in [2.24, 2.45) is 5.92 Å². The van der Waals surface area contributed by atoms with E-state index in [1.165, 1.54) is 0 Å². The van der Waals surface area contributed by atoms with Gasteiger partial charge in [0.15, 0.2) is 0 Å². The lowest BCUT2D eigenvalue weighted by Crippen LogP contribution is -2.48. The number of alkyl carbamates (subject to hydrolysis) is 1. The van der Waals surface area contributed by atoms with Gasteiger partial charge in [-0.05, 0) is 34.6 Å². The van der Waals surface area contributed by atoms with Gasteiger partial charge in [-0.3, -0.25) is 4.79 Å². The number of carbonyl (C=O) groups is 3. The van der Waals surface area contributed by atoms with Gasteiger partial charge in [0.2, 0.25) is 5.91 Å². The number of hydrogen-bond donors (Lipinski definition) is 3. The fourth-order valence-corrected chi connectivity index (χ4v) is 4.01. The first kappa shape index (κ1) is 24.3. The molecule has 33 heavy (non-hydrogen) atoms. The van der Waals surface area contributed by atoms with Crippen LogP contribution in [0.1, 0.15) is 37.3 Å². The van der Waals surface area contributed by atoms with Crippen molar-refractivity contribution in [3.8, 4) is 11.1 Å². The van der Waals surface area contributed by atoms with Crippen molar-refractivity contribution < 1.29 is 29.0 Å². The Morgan fingerprint density at radius 1 is 1.00 bits per heavy atom. The maximum Gasteiger partial charge on any atom is 0.407 e. The molecule has 8 heteroatoms. The predicted molar refractivity (Wildman–Crippen MR) is 123 cm³/mol. The van der Waals surface area contributed by atoms with Crippen molar-refractivity contribution >= 4 is 18.0 Å². The van der Waals surface area contributed by atoms with Gasteiger partial charge in [-0.25, -0.2) is 9.59 Å². The number of carboxylic acid groups (broad SMARTS) is 1. The molecule has 0 saturated carbocycles. The van der Waals surface area contributed by atoms with Crippen LogP contribution in [0.2, 0.25) is 0 Å². The maximum atomic E-state index is 12.6. The SMILES string of the molecule is CC(C)C[C@H](NC(=O)OCC1c2ccccc2-c2ccccc21)C(=O)NCCOCC(=O)O. The maximum absolute atomic E-state index is 12.6. The summed E-state index contributed by atoms with van der Waals surface area (Å²) in [5.41, 5.74) is 4.52. The molecule has 3 rings (SSSR count). The molecule has 0 radical (unpaired) electrons. The monoisotopic (exact) mass is 454 g/mol. The first-order valence-electron chi connectivity index (χ1n) is 11.1. The smallest absolute Gasteiger partial charge is 0.407 e. The van der Waals surface area contributed by atoms with Crippen LogP contribution in [-0.2, 0) is 19.1 Å².